The molecule has 2 aromatic rings. The van der Waals surface area contributed by atoms with Gasteiger partial charge in [0, 0.05) is 17.8 Å². The van der Waals surface area contributed by atoms with Crippen molar-refractivity contribution in [3.05, 3.63) is 52.7 Å². The van der Waals surface area contributed by atoms with Gasteiger partial charge in [-0.3, -0.25) is 4.79 Å². The molecule has 0 unspecified atom stereocenters. The third kappa shape index (κ3) is 5.35. The number of amides is 1. The van der Waals surface area contributed by atoms with Crippen LogP contribution in [-0.2, 0) is 6.18 Å². The number of anilines is 2. The average molecular weight is 372 g/mol. The summed E-state index contributed by atoms with van der Waals surface area (Å²) < 4.78 is 39.2. The fraction of sp³-hybridized carbons (Fsp3) is 0.294. The van der Waals surface area contributed by atoms with E-state index < -0.39 is 17.6 Å². The van der Waals surface area contributed by atoms with Gasteiger partial charge in [0.05, 0.1) is 16.8 Å². The van der Waals surface area contributed by atoms with Crippen LogP contribution in [0.3, 0.4) is 0 Å². The molecule has 0 aliphatic heterocycles. The smallest absolute Gasteiger partial charge is 0.370 e. The Morgan fingerprint density at radius 2 is 2.00 bits per heavy atom. The topological polar surface area (TPSA) is 54.0 Å². The number of hydrogen-bond acceptors (Lipinski definition) is 3. The molecular weight excluding hydrogens is 355 g/mol. The van der Waals surface area contributed by atoms with Crippen molar-refractivity contribution in [2.45, 2.75) is 25.9 Å². The van der Waals surface area contributed by atoms with Crippen LogP contribution in [0.15, 0.2) is 36.5 Å². The van der Waals surface area contributed by atoms with Gasteiger partial charge >= 0.3 is 6.18 Å². The first kappa shape index (κ1) is 19.1. The Morgan fingerprint density at radius 1 is 1.24 bits per heavy atom. The molecule has 4 nitrogen and oxygen atoms in total. The Labute approximate surface area is 148 Å². The zero-order valence-electron chi connectivity index (χ0n) is 13.5. The Kier molecular flexibility index (Phi) is 6.25. The molecule has 0 atom stereocenters. The van der Waals surface area contributed by atoms with Crippen LogP contribution in [0.25, 0.3) is 0 Å². The second-order valence-electron chi connectivity index (χ2n) is 5.35. The van der Waals surface area contributed by atoms with E-state index in [2.05, 4.69) is 22.5 Å². The molecule has 1 amide bonds. The van der Waals surface area contributed by atoms with Crippen molar-refractivity contribution in [3.8, 4) is 0 Å². The van der Waals surface area contributed by atoms with Crippen LogP contribution in [-0.4, -0.2) is 17.4 Å². The molecule has 25 heavy (non-hydrogen) atoms. The first-order valence-electron chi connectivity index (χ1n) is 7.69. The summed E-state index contributed by atoms with van der Waals surface area (Å²) >= 11 is 5.62. The molecule has 0 saturated heterocycles. The molecule has 2 rings (SSSR count). The van der Waals surface area contributed by atoms with Crippen molar-refractivity contribution < 1.29 is 18.0 Å². The number of benzene rings is 1. The van der Waals surface area contributed by atoms with Crippen molar-refractivity contribution in [1.29, 1.82) is 0 Å². The molecule has 134 valence electrons. The van der Waals surface area contributed by atoms with Crippen LogP contribution in [0.5, 0.6) is 0 Å². The average Bonchev–Trinajstić information content (AvgIpc) is 2.56. The second kappa shape index (κ2) is 8.20. The number of carbonyl (C=O) groups excluding carboxylic acids is 1. The van der Waals surface area contributed by atoms with Crippen LogP contribution < -0.4 is 10.6 Å². The van der Waals surface area contributed by atoms with Gasteiger partial charge in [0.2, 0.25) is 0 Å². The van der Waals surface area contributed by atoms with Gasteiger partial charge in [0.25, 0.3) is 5.91 Å². The minimum Gasteiger partial charge on any atom is -0.370 e. The largest absolute Gasteiger partial charge is 0.418 e. The van der Waals surface area contributed by atoms with Gasteiger partial charge in [-0.1, -0.05) is 24.9 Å². The van der Waals surface area contributed by atoms with Crippen molar-refractivity contribution >= 4 is 29.0 Å². The summed E-state index contributed by atoms with van der Waals surface area (Å²) in [4.78, 5) is 16.3. The lowest BCUT2D eigenvalue weighted by Gasteiger charge is -2.14. The van der Waals surface area contributed by atoms with E-state index >= 15 is 0 Å². The highest BCUT2D eigenvalue weighted by atomic mass is 35.5. The molecule has 8 heteroatoms. The van der Waals surface area contributed by atoms with Crippen molar-refractivity contribution in [2.24, 2.45) is 0 Å². The van der Waals surface area contributed by atoms with Gasteiger partial charge in [-0.05, 0) is 36.8 Å². The number of aromatic nitrogens is 1. The summed E-state index contributed by atoms with van der Waals surface area (Å²) in [6, 6.07) is 6.29. The Hall–Kier alpha value is -2.28. The summed E-state index contributed by atoms with van der Waals surface area (Å²) in [5.41, 5.74) is -1.20. The zero-order chi connectivity index (χ0) is 18.4. The van der Waals surface area contributed by atoms with E-state index in [-0.39, 0.29) is 16.3 Å². The monoisotopic (exact) mass is 371 g/mol. The molecule has 0 bridgehead atoms. The summed E-state index contributed by atoms with van der Waals surface area (Å²) in [6.07, 6.45) is -1.29. The van der Waals surface area contributed by atoms with E-state index in [4.69, 9.17) is 11.6 Å². The molecule has 2 N–H and O–H groups in total. The zero-order valence-corrected chi connectivity index (χ0v) is 14.2. The van der Waals surface area contributed by atoms with E-state index in [1.54, 1.807) is 6.07 Å². The van der Waals surface area contributed by atoms with Gasteiger partial charge in [0.1, 0.15) is 5.82 Å². The molecule has 1 aromatic heterocycles. The number of pyridine rings is 1. The SMILES string of the molecule is CCCCNc1ccc(C(=O)Nc2ccc(Cl)cc2C(F)(F)F)cn1. The molecular formula is C17H17ClF3N3O. The Bertz CT molecular complexity index is 733. The molecule has 0 saturated carbocycles. The fourth-order valence-electron chi connectivity index (χ4n) is 2.08. The highest BCUT2D eigenvalue weighted by Crippen LogP contribution is 2.36. The van der Waals surface area contributed by atoms with Crippen LogP contribution in [0, 0.1) is 0 Å². The van der Waals surface area contributed by atoms with Gasteiger partial charge in [-0.15, -0.1) is 0 Å². The van der Waals surface area contributed by atoms with Crippen LogP contribution in [0.4, 0.5) is 24.7 Å². The lowest BCUT2D eigenvalue weighted by molar-refractivity contribution is -0.136. The number of nitrogens with one attached hydrogen (secondary N) is 2. The summed E-state index contributed by atoms with van der Waals surface area (Å²) in [5.74, 6) is -0.0760. The number of rotatable bonds is 6. The van der Waals surface area contributed by atoms with Gasteiger partial charge in [-0.2, -0.15) is 13.2 Å². The van der Waals surface area contributed by atoms with Crippen LogP contribution >= 0.6 is 11.6 Å². The van der Waals surface area contributed by atoms with Gasteiger partial charge in [-0.25, -0.2) is 4.98 Å². The number of alkyl halides is 3. The second-order valence-corrected chi connectivity index (χ2v) is 5.79. The molecule has 0 aliphatic rings. The number of halogens is 4. The molecule has 1 aromatic carbocycles. The number of unbranched alkanes of at least 4 members (excludes halogenated alkanes) is 1. The minimum atomic E-state index is -4.63. The van der Waals surface area contributed by atoms with Crippen LogP contribution in [0.1, 0.15) is 35.7 Å². The molecule has 1 heterocycles. The predicted molar refractivity (Wildman–Crippen MR) is 92.0 cm³/mol. The molecule has 0 aliphatic carbocycles. The normalized spacial score (nSPS) is 11.2. The fourth-order valence-corrected chi connectivity index (χ4v) is 2.25. The maximum absolute atomic E-state index is 13.1. The lowest BCUT2D eigenvalue weighted by Crippen LogP contribution is -2.17. The maximum atomic E-state index is 13.1. The molecule has 0 spiro atoms. The summed E-state index contributed by atoms with van der Waals surface area (Å²) in [5, 5.41) is 5.28. The van der Waals surface area contributed by atoms with Gasteiger partial charge < -0.3 is 10.6 Å². The predicted octanol–water partition coefficient (Wildman–Crippen LogP) is 5.22. The van der Waals surface area contributed by atoms with E-state index in [1.165, 1.54) is 18.3 Å². The molecule has 0 fully saturated rings. The summed E-state index contributed by atoms with van der Waals surface area (Å²) in [6.45, 7) is 2.82. The van der Waals surface area contributed by atoms with Crippen molar-refractivity contribution in [1.82, 2.24) is 4.98 Å². The molecule has 0 radical (unpaired) electrons. The quantitative estimate of drug-likeness (QED) is 0.684. The van der Waals surface area contributed by atoms with E-state index in [9.17, 15) is 18.0 Å². The highest BCUT2D eigenvalue weighted by molar-refractivity contribution is 6.30. The summed E-state index contributed by atoms with van der Waals surface area (Å²) in [7, 11) is 0. The highest BCUT2D eigenvalue weighted by Gasteiger charge is 2.34. The van der Waals surface area contributed by atoms with Crippen molar-refractivity contribution in [3.63, 3.8) is 0 Å². The van der Waals surface area contributed by atoms with E-state index in [0.29, 0.717) is 5.82 Å². The van der Waals surface area contributed by atoms with Gasteiger partial charge in [0.15, 0.2) is 0 Å². The van der Waals surface area contributed by atoms with E-state index in [0.717, 1.165) is 31.5 Å². The lowest BCUT2D eigenvalue weighted by atomic mass is 10.1. The number of carbonyl (C=O) groups is 1. The van der Waals surface area contributed by atoms with E-state index in [1.807, 2.05) is 0 Å². The Balaban J connectivity index is 2.12. The standard InChI is InChI=1S/C17H17ClF3N3O/c1-2-3-8-22-15-7-4-11(10-23-15)16(25)24-14-6-5-12(18)9-13(14)17(19,20)21/h4-7,9-10H,2-3,8H2,1H3,(H,22,23)(H,24,25). The first-order chi connectivity index (χ1) is 11.8. The van der Waals surface area contributed by atoms with Crippen LogP contribution in [0.2, 0.25) is 5.02 Å². The first-order valence-corrected chi connectivity index (χ1v) is 8.07. The maximum Gasteiger partial charge on any atom is 0.418 e. The number of hydrogen-bond donors (Lipinski definition) is 2. The minimum absolute atomic E-state index is 0.0607. The third-order valence-electron chi connectivity index (χ3n) is 3.40. The number of nitrogens with zero attached hydrogens (tertiary/aromatic N) is 1. The third-order valence-corrected chi connectivity index (χ3v) is 3.63. The van der Waals surface area contributed by atoms with Crippen molar-refractivity contribution in [2.75, 3.05) is 17.2 Å². The Morgan fingerprint density at radius 3 is 2.60 bits per heavy atom.